The van der Waals surface area contributed by atoms with Crippen LogP contribution in [0.1, 0.15) is 41.5 Å². The molecule has 0 amide bonds. The molecular formula is C28H34Cl2SiZr-2. The van der Waals surface area contributed by atoms with E-state index in [2.05, 4.69) is 114 Å². The third-order valence-corrected chi connectivity index (χ3v) is 12.8. The van der Waals surface area contributed by atoms with Crippen LogP contribution in [0.5, 0.6) is 0 Å². The maximum Gasteiger partial charge on any atom is -0.0623 e. The standard InChI is InChI=1S/C15H11.C9H13.C4H10Si.2ClH.Zr/c1-2-6-12(7-3-1)15-11-10-13-8-4-5-9-14(13)15;1-6-5-7(2)9(4)8(6)3;1-3-5-4-2;;;/h1-11H;6H,1-4H3;3-4H2,1-2H3;2*1H;/q2*-1;;;;+2/p-2. The monoisotopic (exact) mass is 558 g/mol. The van der Waals surface area contributed by atoms with Gasteiger partial charge >= 0.3 is 54.7 Å². The van der Waals surface area contributed by atoms with Crippen molar-refractivity contribution >= 4 is 16.2 Å². The molecule has 4 rings (SSSR count). The van der Waals surface area contributed by atoms with E-state index in [1.807, 2.05) is 0 Å². The molecule has 0 N–H and O–H groups in total. The molecule has 0 saturated heterocycles. The van der Waals surface area contributed by atoms with E-state index in [4.69, 9.17) is 0 Å². The second-order valence-corrected chi connectivity index (χ2v) is 15.6. The van der Waals surface area contributed by atoms with Crippen LogP contribution in [0.15, 0.2) is 83.4 Å². The molecule has 0 fully saturated rings. The summed E-state index contributed by atoms with van der Waals surface area (Å²) in [5, 5.41) is 2.65. The van der Waals surface area contributed by atoms with E-state index in [-0.39, 0.29) is 30.2 Å². The fourth-order valence-electron chi connectivity index (χ4n) is 3.43. The topological polar surface area (TPSA) is 0 Å². The Labute approximate surface area is 223 Å². The fourth-order valence-corrected chi connectivity index (χ4v) is 3.93. The van der Waals surface area contributed by atoms with Gasteiger partial charge in [-0.15, -0.1) is 53.6 Å². The minimum absolute atomic E-state index is 0. The van der Waals surface area contributed by atoms with Gasteiger partial charge in [0.2, 0.25) is 0 Å². The first kappa shape index (κ1) is 31.2. The number of hydrogen-bond acceptors (Lipinski definition) is 0. The summed E-state index contributed by atoms with van der Waals surface area (Å²) < 4.78 is 0. The van der Waals surface area contributed by atoms with E-state index in [0.717, 1.165) is 0 Å². The maximum atomic E-state index is 3.36. The van der Waals surface area contributed by atoms with E-state index in [1.165, 1.54) is 50.7 Å². The summed E-state index contributed by atoms with van der Waals surface area (Å²) in [6, 6.07) is 26.3. The van der Waals surface area contributed by atoms with Crippen LogP contribution in [-0.4, -0.2) is 5.43 Å². The summed E-state index contributed by atoms with van der Waals surface area (Å²) in [4.78, 5) is 0. The van der Waals surface area contributed by atoms with Gasteiger partial charge < -0.3 is 24.8 Å². The fraction of sp³-hybridized carbons (Fsp3) is 0.321. The molecule has 0 nitrogen and oxygen atoms in total. The van der Waals surface area contributed by atoms with Crippen molar-refractivity contribution in [2.24, 2.45) is 5.92 Å². The molecule has 0 spiro atoms. The Bertz CT molecular complexity index is 1030. The molecule has 1 unspecified atom stereocenters. The number of hydrogen-bond donors (Lipinski definition) is 0. The Morgan fingerprint density at radius 3 is 1.91 bits per heavy atom. The second kappa shape index (κ2) is 15.9. The SMILES string of the molecule is CC1=[C-]C(C)C(C)=C1C.CC[Si](=[Zr+2])CC.[Cl-].[Cl-].c1ccc(-c2c[cH-]c3ccccc23)cc1. The van der Waals surface area contributed by atoms with Crippen LogP contribution in [0.4, 0.5) is 0 Å². The van der Waals surface area contributed by atoms with Crippen molar-refractivity contribution in [1.29, 1.82) is 0 Å². The predicted molar refractivity (Wildman–Crippen MR) is 132 cm³/mol. The molecule has 4 heteroatoms. The minimum atomic E-state index is 0. The Morgan fingerprint density at radius 1 is 0.906 bits per heavy atom. The van der Waals surface area contributed by atoms with Crippen LogP contribution in [0.3, 0.4) is 0 Å². The van der Waals surface area contributed by atoms with Gasteiger partial charge in [0.1, 0.15) is 0 Å². The molecule has 1 atom stereocenters. The minimum Gasteiger partial charge on any atom is -1.00 e. The average Bonchev–Trinajstić information content (AvgIpc) is 3.31. The number of rotatable bonds is 3. The Kier molecular flexibility index (Phi) is 15.5. The molecule has 3 aromatic carbocycles. The number of fused-ring (bicyclic) bond motifs is 1. The zero-order valence-corrected chi connectivity index (χ0v) is 25.1. The van der Waals surface area contributed by atoms with Crippen molar-refractivity contribution in [3.8, 4) is 11.1 Å². The molecule has 0 radical (unpaired) electrons. The number of allylic oxidation sites excluding steroid dienone is 4. The van der Waals surface area contributed by atoms with Crippen molar-refractivity contribution in [2.45, 2.75) is 53.6 Å². The molecule has 0 aliphatic heterocycles. The van der Waals surface area contributed by atoms with E-state index < -0.39 is 0 Å². The van der Waals surface area contributed by atoms with Gasteiger partial charge in [0.05, 0.1) is 0 Å². The van der Waals surface area contributed by atoms with Crippen LogP contribution in [0.25, 0.3) is 21.9 Å². The van der Waals surface area contributed by atoms with Crippen molar-refractivity contribution in [3.63, 3.8) is 0 Å². The van der Waals surface area contributed by atoms with Gasteiger partial charge in [-0.25, -0.2) is 5.57 Å². The predicted octanol–water partition coefficient (Wildman–Crippen LogP) is 2.52. The summed E-state index contributed by atoms with van der Waals surface area (Å²) in [5.41, 5.74) is 7.08. The number of benzene rings is 2. The van der Waals surface area contributed by atoms with Gasteiger partial charge in [-0.3, -0.25) is 6.08 Å². The van der Waals surface area contributed by atoms with E-state index in [9.17, 15) is 0 Å². The first-order valence-electron chi connectivity index (χ1n) is 10.9. The van der Waals surface area contributed by atoms with E-state index >= 15 is 0 Å². The van der Waals surface area contributed by atoms with Gasteiger partial charge in [0.25, 0.3) is 0 Å². The first-order chi connectivity index (χ1) is 14.4. The third kappa shape index (κ3) is 8.86. The molecule has 1 aliphatic rings. The van der Waals surface area contributed by atoms with Crippen molar-refractivity contribution in [2.75, 3.05) is 0 Å². The van der Waals surface area contributed by atoms with Gasteiger partial charge in [0.15, 0.2) is 0 Å². The Balaban J connectivity index is 0.000000491. The van der Waals surface area contributed by atoms with Gasteiger partial charge in [-0.2, -0.15) is 11.1 Å². The zero-order chi connectivity index (χ0) is 22.1. The molecule has 1 aliphatic carbocycles. The van der Waals surface area contributed by atoms with Crippen LogP contribution in [-0.2, 0) is 23.3 Å². The quantitative estimate of drug-likeness (QED) is 0.341. The van der Waals surface area contributed by atoms with Crippen LogP contribution >= 0.6 is 0 Å². The molecule has 170 valence electrons. The molecular weight excluding hydrogens is 527 g/mol. The van der Waals surface area contributed by atoms with Gasteiger partial charge in [-0.1, -0.05) is 68.7 Å². The Morgan fingerprint density at radius 2 is 1.47 bits per heavy atom. The van der Waals surface area contributed by atoms with Crippen molar-refractivity contribution in [1.82, 2.24) is 0 Å². The molecule has 0 bridgehead atoms. The summed E-state index contributed by atoms with van der Waals surface area (Å²) >= 11 is 1.80. The van der Waals surface area contributed by atoms with Crippen LogP contribution in [0.2, 0.25) is 12.1 Å². The third-order valence-electron chi connectivity index (χ3n) is 5.86. The summed E-state index contributed by atoms with van der Waals surface area (Å²) in [6.07, 6.45) is 3.36. The summed E-state index contributed by atoms with van der Waals surface area (Å²) in [6.45, 7) is 13.3. The summed E-state index contributed by atoms with van der Waals surface area (Å²) in [7, 11) is 0. The summed E-state index contributed by atoms with van der Waals surface area (Å²) in [5.74, 6) is 0.560. The van der Waals surface area contributed by atoms with Gasteiger partial charge in [0, 0.05) is 0 Å². The smallest absolute Gasteiger partial charge is 0.0623 e. The first-order valence-corrected chi connectivity index (χ1v) is 16.5. The molecule has 0 heterocycles. The van der Waals surface area contributed by atoms with E-state index in [1.54, 1.807) is 23.3 Å². The molecule has 0 saturated carbocycles. The molecule has 32 heavy (non-hydrogen) atoms. The van der Waals surface area contributed by atoms with Gasteiger partial charge in [-0.05, 0) is 0 Å². The molecule has 0 aromatic heterocycles. The van der Waals surface area contributed by atoms with Crippen molar-refractivity contribution < 1.29 is 48.1 Å². The maximum absolute atomic E-state index is 3.36. The average molecular weight is 561 g/mol. The van der Waals surface area contributed by atoms with Crippen LogP contribution < -0.4 is 24.8 Å². The largest absolute Gasteiger partial charge is 1.00 e. The van der Waals surface area contributed by atoms with Crippen molar-refractivity contribution in [3.05, 3.63) is 89.5 Å². The normalized spacial score (nSPS) is 14.2. The Hall–Kier alpha value is -0.790. The van der Waals surface area contributed by atoms with E-state index in [0.29, 0.717) is 5.92 Å². The van der Waals surface area contributed by atoms with Crippen LogP contribution in [0, 0.1) is 12.0 Å². The molecule has 3 aromatic rings. The second-order valence-electron chi connectivity index (χ2n) is 7.81. The zero-order valence-electron chi connectivity index (χ0n) is 20.1. The number of halogens is 2.